The summed E-state index contributed by atoms with van der Waals surface area (Å²) in [6.07, 6.45) is -2.81. The number of aromatic nitrogens is 3. The molecule has 168 valence electrons. The zero-order valence-electron chi connectivity index (χ0n) is 17.2. The van der Waals surface area contributed by atoms with Crippen molar-refractivity contribution in [2.24, 2.45) is 0 Å². The molecular formula is C23H18F3N4O2P. The van der Waals surface area contributed by atoms with Crippen molar-refractivity contribution in [3.05, 3.63) is 95.8 Å². The van der Waals surface area contributed by atoms with Crippen LogP contribution in [-0.2, 0) is 23.8 Å². The number of nitrogens with one attached hydrogen (secondary N) is 1. The van der Waals surface area contributed by atoms with E-state index in [9.17, 15) is 17.7 Å². The summed E-state index contributed by atoms with van der Waals surface area (Å²) >= 11 is 0. The average Bonchev–Trinajstić information content (AvgIpc) is 3.25. The average molecular weight is 470 g/mol. The smallest absolute Gasteiger partial charge is 0.416 e. The first-order valence-electron chi connectivity index (χ1n) is 10.1. The Kier molecular flexibility index (Phi) is 5.31. The maximum Gasteiger partial charge on any atom is 0.416 e. The third-order valence-electron chi connectivity index (χ3n) is 5.28. The molecule has 2 heterocycles. The first kappa shape index (κ1) is 21.4. The molecule has 33 heavy (non-hydrogen) atoms. The highest BCUT2D eigenvalue weighted by molar-refractivity contribution is 7.65. The summed E-state index contributed by atoms with van der Waals surface area (Å²) in [4.78, 5) is 0. The first-order chi connectivity index (χ1) is 15.8. The predicted molar refractivity (Wildman–Crippen MR) is 117 cm³/mol. The van der Waals surface area contributed by atoms with Crippen molar-refractivity contribution in [2.45, 2.75) is 19.3 Å². The highest BCUT2D eigenvalue weighted by atomic mass is 31.2. The third-order valence-corrected chi connectivity index (χ3v) is 7.33. The molecular weight excluding hydrogens is 452 g/mol. The van der Waals surface area contributed by atoms with Crippen molar-refractivity contribution in [3.8, 4) is 16.9 Å². The van der Waals surface area contributed by atoms with Crippen molar-refractivity contribution in [1.82, 2.24) is 20.1 Å². The van der Waals surface area contributed by atoms with E-state index >= 15 is 0 Å². The number of nitrogens with zero attached hydrogens (tertiary/aromatic N) is 3. The van der Waals surface area contributed by atoms with Gasteiger partial charge in [0.05, 0.1) is 35.8 Å². The molecule has 1 aromatic heterocycles. The maximum absolute atomic E-state index is 13.7. The second kappa shape index (κ2) is 8.17. The monoisotopic (exact) mass is 470 g/mol. The van der Waals surface area contributed by atoms with Crippen LogP contribution in [0.25, 0.3) is 11.1 Å². The first-order valence-corrected chi connectivity index (χ1v) is 11.7. The van der Waals surface area contributed by atoms with E-state index in [2.05, 4.69) is 15.4 Å². The molecule has 0 bridgehead atoms. The van der Waals surface area contributed by atoms with Gasteiger partial charge in [-0.3, -0.25) is 4.57 Å². The molecule has 6 nitrogen and oxygen atoms in total. The van der Waals surface area contributed by atoms with Crippen LogP contribution in [0, 0.1) is 0 Å². The minimum atomic E-state index is -4.41. The van der Waals surface area contributed by atoms with Crippen LogP contribution in [0.3, 0.4) is 0 Å². The maximum atomic E-state index is 13.7. The number of para-hydroxylation sites is 1. The molecule has 0 aliphatic carbocycles. The molecule has 1 N–H and O–H groups in total. The molecule has 0 saturated carbocycles. The Balaban J connectivity index is 1.33. The lowest BCUT2D eigenvalue weighted by atomic mass is 10.0. The van der Waals surface area contributed by atoms with E-state index in [0.717, 1.165) is 23.3 Å². The van der Waals surface area contributed by atoms with Gasteiger partial charge in [-0.2, -0.15) is 13.2 Å². The Morgan fingerprint density at radius 3 is 2.55 bits per heavy atom. The summed E-state index contributed by atoms with van der Waals surface area (Å²) in [5, 5.41) is 11.6. The summed E-state index contributed by atoms with van der Waals surface area (Å²) in [6, 6.07) is 19.8. The Labute approximate surface area is 187 Å². The van der Waals surface area contributed by atoms with Crippen LogP contribution >= 0.6 is 7.52 Å². The van der Waals surface area contributed by atoms with Gasteiger partial charge >= 0.3 is 13.7 Å². The molecule has 0 amide bonds. The number of benzene rings is 3. The second-order valence-electron chi connectivity index (χ2n) is 7.60. The van der Waals surface area contributed by atoms with Gasteiger partial charge in [-0.1, -0.05) is 53.7 Å². The van der Waals surface area contributed by atoms with Gasteiger partial charge in [-0.25, -0.2) is 9.77 Å². The lowest BCUT2D eigenvalue weighted by molar-refractivity contribution is -0.137. The topological polar surface area (TPSA) is 69.0 Å². The zero-order valence-corrected chi connectivity index (χ0v) is 18.1. The molecule has 5 rings (SSSR count). The normalized spacial score (nSPS) is 17.2. The van der Waals surface area contributed by atoms with E-state index in [1.807, 2.05) is 30.3 Å². The van der Waals surface area contributed by atoms with Gasteiger partial charge in [0.15, 0.2) is 0 Å². The Bertz CT molecular complexity index is 1370. The summed E-state index contributed by atoms with van der Waals surface area (Å²) in [7, 11) is -3.44. The van der Waals surface area contributed by atoms with Crippen LogP contribution in [0.1, 0.15) is 16.8 Å². The zero-order chi connectivity index (χ0) is 23.1. The fraction of sp³-hybridized carbons (Fsp3) is 0.130. The standard InChI is InChI=1S/C23H18F3N4O2P/c24-23(25,26)17-7-5-6-16(12-17)14-30-15-18(28-29-30)13-27-33(31)22-11-4-2-9-20(22)19-8-1-3-10-21(19)32-33/h1-12,15H,13-14H2,(H,27,31). The second-order valence-corrected chi connectivity index (χ2v) is 9.68. The fourth-order valence-corrected chi connectivity index (χ4v) is 5.68. The number of halogens is 3. The molecule has 1 unspecified atom stereocenters. The molecule has 1 aliphatic rings. The highest BCUT2D eigenvalue weighted by Gasteiger charge is 2.35. The fourth-order valence-electron chi connectivity index (χ4n) is 3.75. The summed E-state index contributed by atoms with van der Waals surface area (Å²) in [6.45, 7) is 0.234. The highest BCUT2D eigenvalue weighted by Crippen LogP contribution is 2.51. The molecule has 0 saturated heterocycles. The number of hydrogen-bond acceptors (Lipinski definition) is 4. The minimum Gasteiger partial charge on any atom is -0.429 e. The van der Waals surface area contributed by atoms with Crippen LogP contribution in [0.2, 0.25) is 0 Å². The molecule has 0 radical (unpaired) electrons. The third kappa shape index (κ3) is 4.29. The quantitative estimate of drug-likeness (QED) is 0.415. The van der Waals surface area contributed by atoms with Crippen LogP contribution in [0.5, 0.6) is 5.75 Å². The van der Waals surface area contributed by atoms with E-state index in [1.165, 1.54) is 10.7 Å². The summed E-state index contributed by atoms with van der Waals surface area (Å²) in [5.41, 5.74) is 1.92. The van der Waals surface area contributed by atoms with Crippen LogP contribution in [0.4, 0.5) is 13.2 Å². The van der Waals surface area contributed by atoms with Gasteiger partial charge in [0, 0.05) is 11.1 Å². The van der Waals surface area contributed by atoms with Gasteiger partial charge in [-0.15, -0.1) is 5.10 Å². The van der Waals surface area contributed by atoms with Gasteiger partial charge in [0.1, 0.15) is 5.75 Å². The molecule has 10 heteroatoms. The lowest BCUT2D eigenvalue weighted by Gasteiger charge is -2.28. The van der Waals surface area contributed by atoms with E-state index in [-0.39, 0.29) is 13.1 Å². The summed E-state index contributed by atoms with van der Waals surface area (Å²) in [5.74, 6) is 0.528. The number of fused-ring (bicyclic) bond motifs is 3. The van der Waals surface area contributed by atoms with E-state index < -0.39 is 19.3 Å². The summed E-state index contributed by atoms with van der Waals surface area (Å²) < 4.78 is 59.9. The molecule has 0 fully saturated rings. The molecule has 1 atom stereocenters. The molecule has 1 aliphatic heterocycles. The lowest BCUT2D eigenvalue weighted by Crippen LogP contribution is -2.27. The Morgan fingerprint density at radius 2 is 1.73 bits per heavy atom. The number of rotatable bonds is 5. The Hall–Kier alpha value is -3.42. The van der Waals surface area contributed by atoms with Crippen LogP contribution < -0.4 is 14.9 Å². The predicted octanol–water partition coefficient (Wildman–Crippen LogP) is 5.01. The van der Waals surface area contributed by atoms with Crippen molar-refractivity contribution in [2.75, 3.05) is 0 Å². The molecule has 4 aromatic rings. The van der Waals surface area contributed by atoms with Crippen molar-refractivity contribution >= 4 is 12.8 Å². The van der Waals surface area contributed by atoms with Gasteiger partial charge in [0.25, 0.3) is 0 Å². The van der Waals surface area contributed by atoms with Crippen molar-refractivity contribution < 1.29 is 22.3 Å². The van der Waals surface area contributed by atoms with E-state index in [4.69, 9.17) is 4.52 Å². The van der Waals surface area contributed by atoms with E-state index in [1.54, 1.807) is 30.5 Å². The minimum absolute atomic E-state index is 0.108. The number of alkyl halides is 3. The Morgan fingerprint density at radius 1 is 0.970 bits per heavy atom. The largest absolute Gasteiger partial charge is 0.429 e. The van der Waals surface area contributed by atoms with Gasteiger partial charge < -0.3 is 4.52 Å². The van der Waals surface area contributed by atoms with Crippen molar-refractivity contribution in [3.63, 3.8) is 0 Å². The van der Waals surface area contributed by atoms with Gasteiger partial charge in [-0.05, 0) is 29.8 Å². The molecule has 0 spiro atoms. The van der Waals surface area contributed by atoms with Crippen molar-refractivity contribution in [1.29, 1.82) is 0 Å². The number of hydrogen-bond donors (Lipinski definition) is 1. The SMILES string of the molecule is O=P1(NCc2cn(Cc3cccc(C(F)(F)F)c3)nn2)Oc2ccccc2-c2ccccc21. The van der Waals surface area contributed by atoms with Crippen LogP contribution in [-0.4, -0.2) is 15.0 Å². The molecule has 3 aromatic carbocycles. The van der Waals surface area contributed by atoms with Gasteiger partial charge in [0.2, 0.25) is 0 Å². The van der Waals surface area contributed by atoms with Crippen LogP contribution in [0.15, 0.2) is 79.0 Å². The van der Waals surface area contributed by atoms with E-state index in [0.29, 0.717) is 22.3 Å².